The first kappa shape index (κ1) is 11.0. The Kier molecular flexibility index (Phi) is 2.47. The summed E-state index contributed by atoms with van der Waals surface area (Å²) in [5, 5.41) is 14.3. The topological polar surface area (TPSA) is 111 Å². The van der Waals surface area contributed by atoms with Crippen LogP contribution in [-0.2, 0) is 14.3 Å². The molecular formula is C9H7N3O5. The average molecular weight is 237 g/mol. The predicted octanol–water partition coefficient (Wildman–Crippen LogP) is -0.638. The number of nitrogens with zero attached hydrogens (tertiary/aromatic N) is 2. The van der Waals surface area contributed by atoms with Crippen LogP contribution in [0.4, 0.5) is 0 Å². The van der Waals surface area contributed by atoms with Crippen molar-refractivity contribution in [3.05, 3.63) is 33.5 Å². The Hall–Kier alpha value is -2.51. The van der Waals surface area contributed by atoms with Gasteiger partial charge in [0, 0.05) is 12.2 Å². The Labute approximate surface area is 94.8 Å². The Morgan fingerprint density at radius 2 is 2.29 bits per heavy atom. The number of esters is 1. The zero-order chi connectivity index (χ0) is 12.6. The molecule has 0 aromatic heterocycles. The molecule has 0 bridgehead atoms. The van der Waals surface area contributed by atoms with Gasteiger partial charge in [-0.15, -0.1) is 0 Å². The molecule has 0 aromatic rings. The Bertz CT molecular complexity index is 517. The molecule has 1 N–H and O–H groups in total. The van der Waals surface area contributed by atoms with Crippen LogP contribution in [0.25, 0.3) is 0 Å². The molecular weight excluding hydrogens is 230 g/mol. The lowest BCUT2D eigenvalue weighted by Crippen LogP contribution is -2.31. The molecule has 0 fully saturated rings. The minimum atomic E-state index is -0.925. The van der Waals surface area contributed by atoms with Crippen molar-refractivity contribution in [1.29, 1.82) is 0 Å². The first-order chi connectivity index (χ1) is 8.04. The predicted molar refractivity (Wildman–Crippen MR) is 54.2 cm³/mol. The highest BCUT2D eigenvalue weighted by Gasteiger charge is 2.40. The molecule has 8 nitrogen and oxygen atoms in total. The van der Waals surface area contributed by atoms with E-state index >= 15 is 0 Å². The van der Waals surface area contributed by atoms with Gasteiger partial charge in [-0.25, -0.2) is 10.2 Å². The molecule has 0 saturated heterocycles. The van der Waals surface area contributed by atoms with Crippen molar-refractivity contribution < 1.29 is 19.2 Å². The molecule has 0 radical (unpaired) electrons. The summed E-state index contributed by atoms with van der Waals surface area (Å²) in [5.74, 6) is -2.21. The normalized spacial score (nSPS) is 21.8. The summed E-state index contributed by atoms with van der Waals surface area (Å²) in [7, 11) is 1.14. The number of carbonyl (C=O) groups excluding carboxylic acids is 2. The standard InChI is InChI=1S/C9H7N3O5/c1-17-9(14)5-2-4(12(15)16)3-6-7(5)8(13)11-10-6/h2-3,7H,1H3,(H,11,13). The smallest absolute Gasteiger partial charge is 0.335 e. The summed E-state index contributed by atoms with van der Waals surface area (Å²) in [4.78, 5) is 32.9. The van der Waals surface area contributed by atoms with E-state index < -0.39 is 22.7 Å². The van der Waals surface area contributed by atoms with E-state index in [1.165, 1.54) is 0 Å². The number of methoxy groups -OCH3 is 1. The highest BCUT2D eigenvalue weighted by Crippen LogP contribution is 2.26. The fourth-order valence-electron chi connectivity index (χ4n) is 1.64. The van der Waals surface area contributed by atoms with Crippen molar-refractivity contribution >= 4 is 17.6 Å². The quantitative estimate of drug-likeness (QED) is 0.390. The largest absolute Gasteiger partial charge is 0.466 e. The molecule has 1 aliphatic carbocycles. The van der Waals surface area contributed by atoms with Gasteiger partial charge in [0.25, 0.3) is 11.6 Å². The number of hydrogen-bond donors (Lipinski definition) is 1. The van der Waals surface area contributed by atoms with E-state index in [9.17, 15) is 19.7 Å². The van der Waals surface area contributed by atoms with E-state index in [0.717, 1.165) is 19.3 Å². The fourth-order valence-corrected chi connectivity index (χ4v) is 1.64. The van der Waals surface area contributed by atoms with Crippen LogP contribution < -0.4 is 5.43 Å². The second-order valence-corrected chi connectivity index (χ2v) is 3.36. The first-order valence-corrected chi connectivity index (χ1v) is 4.58. The monoisotopic (exact) mass is 237 g/mol. The number of ether oxygens (including phenoxy) is 1. The van der Waals surface area contributed by atoms with Crippen LogP contribution in [0, 0.1) is 16.0 Å². The maximum Gasteiger partial charge on any atom is 0.335 e. The van der Waals surface area contributed by atoms with Gasteiger partial charge in [0.05, 0.1) is 23.3 Å². The number of amides is 1. The number of rotatable bonds is 2. The Morgan fingerprint density at radius 1 is 1.59 bits per heavy atom. The lowest BCUT2D eigenvalue weighted by atomic mass is 9.89. The van der Waals surface area contributed by atoms with Crippen LogP contribution in [0.5, 0.6) is 0 Å². The van der Waals surface area contributed by atoms with Crippen molar-refractivity contribution in [3.63, 3.8) is 0 Å². The summed E-state index contributed by atoms with van der Waals surface area (Å²) < 4.78 is 4.48. The number of nitro groups is 1. The van der Waals surface area contributed by atoms with Gasteiger partial charge in [-0.2, -0.15) is 5.10 Å². The number of hydrogen-bond acceptors (Lipinski definition) is 6. The lowest BCUT2D eigenvalue weighted by molar-refractivity contribution is -0.419. The van der Waals surface area contributed by atoms with E-state index in [2.05, 4.69) is 15.3 Å². The van der Waals surface area contributed by atoms with E-state index in [1.807, 2.05) is 0 Å². The minimum absolute atomic E-state index is 0.0875. The van der Waals surface area contributed by atoms with Gasteiger partial charge in [0.1, 0.15) is 5.92 Å². The van der Waals surface area contributed by atoms with Crippen LogP contribution in [0.15, 0.2) is 28.5 Å². The second-order valence-electron chi connectivity index (χ2n) is 3.36. The molecule has 1 aliphatic heterocycles. The van der Waals surface area contributed by atoms with Gasteiger partial charge in [-0.3, -0.25) is 14.9 Å². The molecule has 17 heavy (non-hydrogen) atoms. The molecule has 1 atom stereocenters. The Balaban J connectivity index is 2.49. The average Bonchev–Trinajstić information content (AvgIpc) is 2.69. The molecule has 88 valence electrons. The van der Waals surface area contributed by atoms with Crippen LogP contribution in [0.3, 0.4) is 0 Å². The number of nitrogens with one attached hydrogen (secondary N) is 1. The SMILES string of the molecule is COC(=O)C1=CC([N+](=O)[O-])=CC2=NNC(=O)C12. The Morgan fingerprint density at radius 3 is 2.88 bits per heavy atom. The van der Waals surface area contributed by atoms with Crippen molar-refractivity contribution in [2.75, 3.05) is 7.11 Å². The first-order valence-electron chi connectivity index (χ1n) is 4.58. The van der Waals surface area contributed by atoms with Gasteiger partial charge in [0.15, 0.2) is 0 Å². The van der Waals surface area contributed by atoms with E-state index in [0.29, 0.717) is 0 Å². The molecule has 0 spiro atoms. The summed E-state index contributed by atoms with van der Waals surface area (Å²) in [6, 6.07) is 0. The maximum atomic E-state index is 11.4. The minimum Gasteiger partial charge on any atom is -0.466 e. The van der Waals surface area contributed by atoms with E-state index in [-0.39, 0.29) is 17.0 Å². The van der Waals surface area contributed by atoms with Gasteiger partial charge in [0.2, 0.25) is 0 Å². The molecule has 0 saturated carbocycles. The third-order valence-corrected chi connectivity index (χ3v) is 2.40. The van der Waals surface area contributed by atoms with Crippen LogP contribution in [0.2, 0.25) is 0 Å². The third kappa shape index (κ3) is 1.69. The third-order valence-electron chi connectivity index (χ3n) is 2.40. The highest BCUT2D eigenvalue weighted by atomic mass is 16.6. The van der Waals surface area contributed by atoms with Gasteiger partial charge >= 0.3 is 5.97 Å². The van der Waals surface area contributed by atoms with E-state index in [1.54, 1.807) is 0 Å². The van der Waals surface area contributed by atoms with Gasteiger partial charge in [-0.1, -0.05) is 0 Å². The van der Waals surface area contributed by atoms with Crippen molar-refractivity contribution in [2.24, 2.45) is 11.0 Å². The number of fused-ring (bicyclic) bond motifs is 1. The molecule has 0 aromatic carbocycles. The zero-order valence-electron chi connectivity index (χ0n) is 8.67. The van der Waals surface area contributed by atoms with Crippen molar-refractivity contribution in [1.82, 2.24) is 5.43 Å². The number of allylic oxidation sites excluding steroid dienone is 2. The maximum absolute atomic E-state index is 11.4. The lowest BCUT2D eigenvalue weighted by Gasteiger charge is -2.13. The summed E-state index contributed by atoms with van der Waals surface area (Å²) in [6.07, 6.45) is 2.18. The highest BCUT2D eigenvalue weighted by molar-refractivity contribution is 6.20. The van der Waals surface area contributed by atoms with E-state index in [4.69, 9.17) is 0 Å². The summed E-state index contributed by atoms with van der Waals surface area (Å²) >= 11 is 0. The molecule has 2 rings (SSSR count). The molecule has 1 heterocycles. The van der Waals surface area contributed by atoms with Gasteiger partial charge in [-0.05, 0) is 0 Å². The van der Waals surface area contributed by atoms with Crippen molar-refractivity contribution in [3.8, 4) is 0 Å². The molecule has 1 unspecified atom stereocenters. The number of hydrazone groups is 1. The summed E-state index contributed by atoms with van der Waals surface area (Å²) in [5.41, 5.74) is 1.91. The number of carbonyl (C=O) groups is 2. The van der Waals surface area contributed by atoms with Crippen LogP contribution in [-0.4, -0.2) is 29.6 Å². The van der Waals surface area contributed by atoms with Crippen LogP contribution >= 0.6 is 0 Å². The van der Waals surface area contributed by atoms with Crippen LogP contribution in [0.1, 0.15) is 0 Å². The van der Waals surface area contributed by atoms with Crippen molar-refractivity contribution in [2.45, 2.75) is 0 Å². The molecule has 1 amide bonds. The van der Waals surface area contributed by atoms with Gasteiger partial charge < -0.3 is 4.74 Å². The molecule has 8 heteroatoms. The summed E-state index contributed by atoms with van der Waals surface area (Å²) in [6.45, 7) is 0. The molecule has 2 aliphatic rings. The second kappa shape index (κ2) is 3.81. The zero-order valence-corrected chi connectivity index (χ0v) is 8.67. The fraction of sp³-hybridized carbons (Fsp3) is 0.222.